The van der Waals surface area contributed by atoms with Crippen molar-refractivity contribution in [2.75, 3.05) is 26.4 Å². The number of unbranched alkanes of at least 4 members (excludes halogenated alkanes) is 2. The molecule has 2 unspecified atom stereocenters. The van der Waals surface area contributed by atoms with Crippen LogP contribution in [0.2, 0.25) is 0 Å². The molecule has 0 N–H and O–H groups in total. The molecule has 1 aromatic rings. The molecule has 2 aliphatic carbocycles. The van der Waals surface area contributed by atoms with Gasteiger partial charge < -0.3 is 37.9 Å². The van der Waals surface area contributed by atoms with E-state index in [9.17, 15) is 28.8 Å². The predicted molar refractivity (Wildman–Crippen MR) is 216 cm³/mol. The Morgan fingerprint density at radius 1 is 0.593 bits per heavy atom. The van der Waals surface area contributed by atoms with Gasteiger partial charge in [0.2, 0.25) is 0 Å². The van der Waals surface area contributed by atoms with Crippen molar-refractivity contribution >= 4 is 35.8 Å². The first-order chi connectivity index (χ1) is 28.4. The fourth-order valence-electron chi connectivity index (χ4n) is 6.81. The van der Waals surface area contributed by atoms with Crippen molar-refractivity contribution in [3.8, 4) is 11.5 Å². The van der Waals surface area contributed by atoms with Crippen LogP contribution in [-0.2, 0) is 57.2 Å². The molecule has 2 fully saturated rings. The van der Waals surface area contributed by atoms with Crippen LogP contribution in [0.3, 0.4) is 0 Å². The number of hydrogen-bond acceptors (Lipinski definition) is 14. The molecule has 1 aromatic carbocycles. The maximum Gasteiger partial charge on any atom is 0.330 e. The maximum atomic E-state index is 13.0. The third kappa shape index (κ3) is 18.6. The number of carbonyl (C=O) groups excluding carboxylic acids is 6. The SMILES string of the molecule is C=CC(=O)OCC(CCCCOC1CCC(C(=O)Oc2ccc(OC(=O)C3CCC(OCCCCC(COC(=O)C=C)OC(=O)C=C)CC3)c(C)c2)CC1)OC(=O)C=C. The molecule has 2 atom stereocenters. The molecular weight excluding hydrogens is 764 g/mol. The van der Waals surface area contributed by atoms with E-state index < -0.39 is 36.1 Å². The van der Waals surface area contributed by atoms with Crippen molar-refractivity contribution in [2.45, 2.75) is 121 Å². The fourth-order valence-corrected chi connectivity index (χ4v) is 6.81. The van der Waals surface area contributed by atoms with Crippen molar-refractivity contribution in [1.82, 2.24) is 0 Å². The van der Waals surface area contributed by atoms with E-state index in [0.717, 1.165) is 62.8 Å². The van der Waals surface area contributed by atoms with Gasteiger partial charge in [-0.3, -0.25) is 9.59 Å². The van der Waals surface area contributed by atoms with Gasteiger partial charge in [-0.25, -0.2) is 19.2 Å². The van der Waals surface area contributed by atoms with E-state index in [1.807, 2.05) is 0 Å². The molecule has 0 heterocycles. The summed E-state index contributed by atoms with van der Waals surface area (Å²) in [6.45, 7) is 16.2. The summed E-state index contributed by atoms with van der Waals surface area (Å²) in [5.41, 5.74) is 0.682. The standard InChI is InChI=1S/C45H60O14/c1-6-40(46)54-29-37(56-42(48)8-3)14-10-12-26-52-34-20-16-32(17-21-34)44(50)58-36-24-25-39(31(5)28-36)59-45(51)33-18-22-35(23-19-33)53-27-13-11-15-38(57-43(49)9-4)30-55-41(47)7-2/h6-9,24-25,28,32-35,37-38H,1-4,10-23,26-27,29-30H2,5H3. The van der Waals surface area contributed by atoms with Crippen LogP contribution in [0.5, 0.6) is 11.5 Å². The van der Waals surface area contributed by atoms with Gasteiger partial charge in [-0.1, -0.05) is 26.3 Å². The van der Waals surface area contributed by atoms with Crippen LogP contribution in [0.1, 0.15) is 95.5 Å². The maximum absolute atomic E-state index is 13.0. The topological polar surface area (TPSA) is 176 Å². The highest BCUT2D eigenvalue weighted by Gasteiger charge is 2.30. The van der Waals surface area contributed by atoms with Gasteiger partial charge in [0.15, 0.2) is 0 Å². The summed E-state index contributed by atoms with van der Waals surface area (Å²) in [7, 11) is 0. The number of benzene rings is 1. The Balaban J connectivity index is 1.30. The number of hydrogen-bond donors (Lipinski definition) is 0. The summed E-state index contributed by atoms with van der Waals surface area (Å²) in [4.78, 5) is 72.1. The zero-order valence-electron chi connectivity index (χ0n) is 34.3. The smallest absolute Gasteiger partial charge is 0.330 e. The van der Waals surface area contributed by atoms with Crippen molar-refractivity contribution in [2.24, 2.45) is 11.8 Å². The molecule has 14 heteroatoms. The largest absolute Gasteiger partial charge is 0.459 e. The van der Waals surface area contributed by atoms with Crippen molar-refractivity contribution in [1.29, 1.82) is 0 Å². The summed E-state index contributed by atoms with van der Waals surface area (Å²) >= 11 is 0. The second kappa shape index (κ2) is 26.8. The van der Waals surface area contributed by atoms with E-state index in [4.69, 9.17) is 37.9 Å². The first kappa shape index (κ1) is 48.3. The average molecular weight is 825 g/mol. The van der Waals surface area contributed by atoms with Crippen molar-refractivity contribution < 1.29 is 66.7 Å². The minimum Gasteiger partial charge on any atom is -0.459 e. The molecule has 2 saturated carbocycles. The molecule has 324 valence electrons. The summed E-state index contributed by atoms with van der Waals surface area (Å²) in [5.74, 6) is -2.61. The highest BCUT2D eigenvalue weighted by atomic mass is 16.6. The Bertz CT molecular complexity index is 1580. The van der Waals surface area contributed by atoms with Crippen molar-refractivity contribution in [3.63, 3.8) is 0 Å². The van der Waals surface area contributed by atoms with Gasteiger partial charge in [0.1, 0.15) is 36.9 Å². The summed E-state index contributed by atoms with van der Waals surface area (Å²) in [6.07, 6.45) is 12.5. The Hall–Kier alpha value is -5.08. The van der Waals surface area contributed by atoms with E-state index in [1.54, 1.807) is 25.1 Å². The van der Waals surface area contributed by atoms with E-state index in [-0.39, 0.29) is 49.2 Å². The third-order valence-electron chi connectivity index (χ3n) is 10.2. The van der Waals surface area contributed by atoms with Crippen LogP contribution in [0.25, 0.3) is 0 Å². The first-order valence-electron chi connectivity index (χ1n) is 20.5. The molecule has 0 saturated heterocycles. The highest BCUT2D eigenvalue weighted by molar-refractivity contribution is 5.83. The number of rotatable bonds is 26. The van der Waals surface area contributed by atoms with Crippen LogP contribution >= 0.6 is 0 Å². The molecule has 2 aliphatic rings. The highest BCUT2D eigenvalue weighted by Crippen LogP contribution is 2.32. The normalized spacial score (nSPS) is 19.7. The minimum atomic E-state index is -0.588. The monoisotopic (exact) mass is 824 g/mol. The first-order valence-corrected chi connectivity index (χ1v) is 20.5. The van der Waals surface area contributed by atoms with Gasteiger partial charge in [-0.2, -0.15) is 0 Å². The number of aryl methyl sites for hydroxylation is 1. The van der Waals surface area contributed by atoms with E-state index in [2.05, 4.69) is 26.3 Å². The van der Waals surface area contributed by atoms with Gasteiger partial charge in [0.05, 0.1) is 24.0 Å². The lowest BCUT2D eigenvalue weighted by atomic mass is 9.87. The van der Waals surface area contributed by atoms with Crippen LogP contribution in [-0.4, -0.2) is 86.7 Å². The van der Waals surface area contributed by atoms with Gasteiger partial charge in [-0.15, -0.1) is 0 Å². The Morgan fingerprint density at radius 3 is 1.42 bits per heavy atom. The van der Waals surface area contributed by atoms with E-state index >= 15 is 0 Å². The van der Waals surface area contributed by atoms with Crippen LogP contribution < -0.4 is 9.47 Å². The van der Waals surface area contributed by atoms with E-state index in [0.29, 0.717) is 81.6 Å². The molecule has 0 amide bonds. The molecule has 3 rings (SSSR count). The lowest BCUT2D eigenvalue weighted by Crippen LogP contribution is -2.29. The Kier molecular flexibility index (Phi) is 22.0. The predicted octanol–water partition coefficient (Wildman–Crippen LogP) is 6.95. The van der Waals surface area contributed by atoms with Gasteiger partial charge in [-0.05, 0) is 121 Å². The number of carbonyl (C=O) groups is 6. The lowest BCUT2D eigenvalue weighted by Gasteiger charge is -2.28. The molecule has 59 heavy (non-hydrogen) atoms. The summed E-state index contributed by atoms with van der Waals surface area (Å²) in [6, 6.07) is 4.99. The number of ether oxygens (including phenoxy) is 8. The summed E-state index contributed by atoms with van der Waals surface area (Å²) < 4.78 is 44.2. The second-order valence-electron chi connectivity index (χ2n) is 14.6. The molecule has 0 bridgehead atoms. The third-order valence-corrected chi connectivity index (χ3v) is 10.2. The van der Waals surface area contributed by atoms with Gasteiger partial charge in [0, 0.05) is 37.5 Å². The molecular formula is C45H60O14. The zero-order chi connectivity index (χ0) is 43.0. The number of esters is 6. The Labute approximate surface area is 347 Å². The zero-order valence-corrected chi connectivity index (χ0v) is 34.3. The van der Waals surface area contributed by atoms with Crippen LogP contribution in [0.4, 0.5) is 0 Å². The van der Waals surface area contributed by atoms with Gasteiger partial charge in [0.25, 0.3) is 0 Å². The fraction of sp³-hybridized carbons (Fsp3) is 0.556. The van der Waals surface area contributed by atoms with Crippen LogP contribution in [0, 0.1) is 18.8 Å². The van der Waals surface area contributed by atoms with E-state index in [1.165, 1.54) is 0 Å². The molecule has 0 aromatic heterocycles. The van der Waals surface area contributed by atoms with Crippen LogP contribution in [0.15, 0.2) is 68.8 Å². The van der Waals surface area contributed by atoms with Crippen molar-refractivity contribution in [3.05, 3.63) is 74.4 Å². The second-order valence-corrected chi connectivity index (χ2v) is 14.6. The molecule has 14 nitrogen and oxygen atoms in total. The molecule has 0 spiro atoms. The minimum absolute atomic E-state index is 0.0383. The van der Waals surface area contributed by atoms with Gasteiger partial charge >= 0.3 is 35.8 Å². The Morgan fingerprint density at radius 2 is 1.02 bits per heavy atom. The average Bonchev–Trinajstić information content (AvgIpc) is 3.24. The molecule has 0 aliphatic heterocycles. The lowest BCUT2D eigenvalue weighted by molar-refractivity contribution is -0.153. The molecule has 0 radical (unpaired) electrons. The quantitative estimate of drug-likeness (QED) is 0.0308. The summed E-state index contributed by atoms with van der Waals surface area (Å²) in [5, 5.41) is 0.